The number of furan rings is 1. The van der Waals surface area contributed by atoms with Gasteiger partial charge in [-0.2, -0.15) is 0 Å². The molecule has 0 atom stereocenters. The first kappa shape index (κ1) is 33.6. The molecule has 266 valence electrons. The smallest absolute Gasteiger partial charge is 0.187 e. The lowest BCUT2D eigenvalue weighted by molar-refractivity contribution is 0.669. The zero-order chi connectivity index (χ0) is 38.1. The Balaban J connectivity index is 1.04. The van der Waals surface area contributed by atoms with Crippen molar-refractivity contribution in [3.05, 3.63) is 206 Å². The Bertz CT molecular complexity index is 3130. The fourth-order valence-corrected chi connectivity index (χ4v) is 7.50. The summed E-state index contributed by atoms with van der Waals surface area (Å²) in [5.41, 5.74) is 13.6. The van der Waals surface area contributed by atoms with E-state index in [4.69, 9.17) is 25.9 Å². The summed E-state index contributed by atoms with van der Waals surface area (Å²) >= 11 is 0. The molecule has 10 aromatic rings. The third-order valence-corrected chi connectivity index (χ3v) is 10.4. The molecule has 0 saturated heterocycles. The van der Waals surface area contributed by atoms with E-state index < -0.39 is 0 Å². The second kappa shape index (κ2) is 14.4. The van der Waals surface area contributed by atoms with Gasteiger partial charge in [0.1, 0.15) is 11.2 Å². The molecule has 0 bridgehead atoms. The molecule has 0 N–H and O–H groups in total. The van der Waals surface area contributed by atoms with E-state index in [1.165, 1.54) is 11.1 Å². The molecule has 0 saturated carbocycles. The molecule has 0 radical (unpaired) electrons. The highest BCUT2D eigenvalue weighted by Gasteiger charge is 2.17. The van der Waals surface area contributed by atoms with Crippen LogP contribution < -0.4 is 0 Å². The van der Waals surface area contributed by atoms with Crippen LogP contribution in [0.1, 0.15) is 0 Å². The van der Waals surface area contributed by atoms with E-state index in [1.807, 2.05) is 91.0 Å². The highest BCUT2D eigenvalue weighted by Crippen LogP contribution is 2.39. The summed E-state index contributed by atoms with van der Waals surface area (Å²) < 4.78 is 6.53. The van der Waals surface area contributed by atoms with E-state index in [9.17, 15) is 0 Å². The summed E-state index contributed by atoms with van der Waals surface area (Å²) in [6.07, 6.45) is 0. The lowest BCUT2D eigenvalue weighted by atomic mass is 9.96. The number of benzene rings is 8. The maximum Gasteiger partial charge on any atom is 0.187 e. The van der Waals surface area contributed by atoms with E-state index in [0.717, 1.165) is 72.0 Å². The number of rotatable bonds is 7. The quantitative estimate of drug-likeness (QED) is 0.153. The standard InChI is InChI=1S/C52H32N4O/c1-53-44-21-10-19-41(32-44)39-17-8-16-38(30-39)40-18-9-20-42(31-40)51-54-50(37-14-6-3-7-15-37)55-52(56-51)43-28-29-46-48(33-43)57-47-23-11-22-45(49(46)47)36-26-24-35(25-27-36)34-12-4-2-5-13-34/h2-33H. The second-order valence-electron chi connectivity index (χ2n) is 13.9. The van der Waals surface area contributed by atoms with Crippen LogP contribution in [0.5, 0.6) is 0 Å². The predicted molar refractivity (Wildman–Crippen MR) is 231 cm³/mol. The van der Waals surface area contributed by atoms with Gasteiger partial charge < -0.3 is 4.42 Å². The van der Waals surface area contributed by atoms with Gasteiger partial charge in [0.2, 0.25) is 0 Å². The Morgan fingerprint density at radius 3 is 1.49 bits per heavy atom. The molecule has 0 amide bonds. The van der Waals surface area contributed by atoms with Crippen molar-refractivity contribution in [2.24, 2.45) is 0 Å². The van der Waals surface area contributed by atoms with Gasteiger partial charge in [-0.3, -0.25) is 0 Å². The number of hydrogen-bond acceptors (Lipinski definition) is 4. The van der Waals surface area contributed by atoms with Crippen molar-refractivity contribution in [2.75, 3.05) is 0 Å². The SMILES string of the molecule is [C-]#[N+]c1cccc(-c2cccc(-c3cccc(-c4nc(-c5ccccc5)nc(-c5ccc6c(c5)oc5cccc(-c7ccc(-c8ccccc8)cc7)c56)n4)c3)c2)c1. The van der Waals surface area contributed by atoms with Crippen molar-refractivity contribution >= 4 is 27.6 Å². The van der Waals surface area contributed by atoms with Gasteiger partial charge in [-0.1, -0.05) is 158 Å². The zero-order valence-corrected chi connectivity index (χ0v) is 30.7. The van der Waals surface area contributed by atoms with E-state index in [-0.39, 0.29) is 0 Å². The van der Waals surface area contributed by atoms with E-state index in [2.05, 4.69) is 108 Å². The summed E-state index contributed by atoms with van der Waals surface area (Å²) in [5.74, 6) is 1.73. The number of fused-ring (bicyclic) bond motifs is 3. The van der Waals surface area contributed by atoms with Crippen LogP contribution in [0.4, 0.5) is 5.69 Å². The minimum Gasteiger partial charge on any atom is -0.456 e. The number of nitrogens with zero attached hydrogens (tertiary/aromatic N) is 4. The molecule has 0 aliphatic heterocycles. The van der Waals surface area contributed by atoms with Crippen LogP contribution in [-0.2, 0) is 0 Å². The van der Waals surface area contributed by atoms with Crippen molar-refractivity contribution in [1.29, 1.82) is 0 Å². The Hall–Kier alpha value is -7.94. The average Bonchev–Trinajstić information content (AvgIpc) is 3.68. The molecule has 2 heterocycles. The summed E-state index contributed by atoms with van der Waals surface area (Å²) in [5, 5.41) is 2.11. The molecule has 0 aliphatic rings. The van der Waals surface area contributed by atoms with Crippen LogP contribution >= 0.6 is 0 Å². The van der Waals surface area contributed by atoms with Gasteiger partial charge in [0.05, 0.1) is 6.57 Å². The van der Waals surface area contributed by atoms with E-state index >= 15 is 0 Å². The fraction of sp³-hybridized carbons (Fsp3) is 0. The Labute approximate surface area is 330 Å². The first-order valence-electron chi connectivity index (χ1n) is 18.8. The molecule has 57 heavy (non-hydrogen) atoms. The van der Waals surface area contributed by atoms with Crippen LogP contribution in [-0.4, -0.2) is 15.0 Å². The van der Waals surface area contributed by atoms with Gasteiger partial charge >= 0.3 is 0 Å². The maximum absolute atomic E-state index is 7.45. The Morgan fingerprint density at radius 2 is 0.825 bits per heavy atom. The van der Waals surface area contributed by atoms with Gasteiger partial charge in [0.15, 0.2) is 23.2 Å². The second-order valence-corrected chi connectivity index (χ2v) is 13.9. The normalized spacial score (nSPS) is 11.1. The number of aromatic nitrogens is 3. The maximum atomic E-state index is 7.45. The van der Waals surface area contributed by atoms with Crippen LogP contribution in [0.25, 0.3) is 105 Å². The van der Waals surface area contributed by atoms with Gasteiger partial charge in [-0.25, -0.2) is 19.8 Å². The van der Waals surface area contributed by atoms with Crippen LogP contribution in [0.15, 0.2) is 199 Å². The number of hydrogen-bond donors (Lipinski definition) is 0. The third-order valence-electron chi connectivity index (χ3n) is 10.4. The van der Waals surface area contributed by atoms with E-state index in [1.54, 1.807) is 0 Å². The zero-order valence-electron chi connectivity index (χ0n) is 30.7. The van der Waals surface area contributed by atoms with Crippen molar-refractivity contribution in [3.8, 4) is 78.7 Å². The molecule has 5 heteroatoms. The summed E-state index contributed by atoms with van der Waals surface area (Å²) in [4.78, 5) is 18.7. The molecular weight excluding hydrogens is 697 g/mol. The largest absolute Gasteiger partial charge is 0.456 e. The summed E-state index contributed by atoms with van der Waals surface area (Å²) in [6, 6.07) is 66.0. The van der Waals surface area contributed by atoms with Gasteiger partial charge in [-0.15, -0.1) is 0 Å². The van der Waals surface area contributed by atoms with Crippen LogP contribution in [0.3, 0.4) is 0 Å². The monoisotopic (exact) mass is 728 g/mol. The fourth-order valence-electron chi connectivity index (χ4n) is 7.50. The lowest BCUT2D eigenvalue weighted by Gasteiger charge is -2.10. The van der Waals surface area contributed by atoms with Gasteiger partial charge in [0, 0.05) is 27.5 Å². The molecule has 0 unspecified atom stereocenters. The summed E-state index contributed by atoms with van der Waals surface area (Å²) in [7, 11) is 0. The summed E-state index contributed by atoms with van der Waals surface area (Å²) in [6.45, 7) is 7.45. The van der Waals surface area contributed by atoms with Gasteiger partial charge in [0.25, 0.3) is 0 Å². The molecule has 8 aromatic carbocycles. The molecule has 5 nitrogen and oxygen atoms in total. The molecule has 2 aromatic heterocycles. The minimum absolute atomic E-state index is 0.560. The van der Waals surface area contributed by atoms with Crippen molar-refractivity contribution in [2.45, 2.75) is 0 Å². The molecular formula is C52H32N4O. The highest BCUT2D eigenvalue weighted by molar-refractivity contribution is 6.13. The average molecular weight is 729 g/mol. The Kier molecular flexibility index (Phi) is 8.48. The molecule has 0 aliphatic carbocycles. The molecule has 0 fully saturated rings. The van der Waals surface area contributed by atoms with Crippen molar-refractivity contribution < 1.29 is 4.42 Å². The van der Waals surface area contributed by atoms with Crippen LogP contribution in [0.2, 0.25) is 0 Å². The lowest BCUT2D eigenvalue weighted by Crippen LogP contribution is -2.00. The van der Waals surface area contributed by atoms with Gasteiger partial charge in [-0.05, 0) is 80.9 Å². The van der Waals surface area contributed by atoms with E-state index in [0.29, 0.717) is 23.2 Å². The van der Waals surface area contributed by atoms with Crippen LogP contribution in [0, 0.1) is 6.57 Å². The first-order chi connectivity index (χ1) is 28.2. The topological polar surface area (TPSA) is 56.2 Å². The third kappa shape index (κ3) is 6.52. The Morgan fingerprint density at radius 1 is 0.351 bits per heavy atom. The highest BCUT2D eigenvalue weighted by atomic mass is 16.3. The molecule has 0 spiro atoms. The minimum atomic E-state index is 0.560. The predicted octanol–water partition coefficient (Wildman–Crippen LogP) is 14.0. The first-order valence-corrected chi connectivity index (χ1v) is 18.8. The van der Waals surface area contributed by atoms with Crippen molar-refractivity contribution in [1.82, 2.24) is 15.0 Å². The van der Waals surface area contributed by atoms with Crippen molar-refractivity contribution in [3.63, 3.8) is 0 Å². The molecule has 10 rings (SSSR count).